The lowest BCUT2D eigenvalue weighted by Crippen LogP contribution is -2.38. The molecule has 1 aromatic heterocycles. The molecule has 138 valence electrons. The van der Waals surface area contributed by atoms with Crippen LogP contribution in [0, 0.1) is 0 Å². The topological polar surface area (TPSA) is 84.7 Å². The summed E-state index contributed by atoms with van der Waals surface area (Å²) >= 11 is 0. The van der Waals surface area contributed by atoms with Gasteiger partial charge in [0, 0.05) is 30.1 Å². The van der Waals surface area contributed by atoms with Gasteiger partial charge in [-0.25, -0.2) is 0 Å². The van der Waals surface area contributed by atoms with E-state index in [9.17, 15) is 9.59 Å². The van der Waals surface area contributed by atoms with Crippen LogP contribution in [0.5, 0.6) is 5.75 Å². The summed E-state index contributed by atoms with van der Waals surface area (Å²) in [6, 6.07) is 14.5. The van der Waals surface area contributed by atoms with Crippen LogP contribution in [0.25, 0.3) is 11.0 Å². The number of nitrogens with zero attached hydrogens (tertiary/aromatic N) is 2. The number of nitrogens with one attached hydrogen (secondary N) is 1. The molecule has 0 radical (unpaired) electrons. The van der Waals surface area contributed by atoms with Crippen LogP contribution >= 0.6 is 0 Å². The zero-order chi connectivity index (χ0) is 18.8. The molecule has 3 aromatic rings. The van der Waals surface area contributed by atoms with Gasteiger partial charge in [0.1, 0.15) is 11.4 Å². The van der Waals surface area contributed by atoms with Crippen LogP contribution in [-0.4, -0.2) is 36.7 Å². The van der Waals surface area contributed by atoms with Gasteiger partial charge in [0.15, 0.2) is 5.58 Å². The summed E-state index contributed by atoms with van der Waals surface area (Å²) in [5.41, 5.74) is 2.01. The zero-order valence-corrected chi connectivity index (χ0v) is 14.8. The molecule has 2 heterocycles. The van der Waals surface area contributed by atoms with E-state index in [0.29, 0.717) is 23.6 Å². The van der Waals surface area contributed by atoms with Crippen molar-refractivity contribution in [2.24, 2.45) is 0 Å². The van der Waals surface area contributed by atoms with Crippen LogP contribution in [0.2, 0.25) is 0 Å². The van der Waals surface area contributed by atoms with Gasteiger partial charge in [-0.2, -0.15) is 0 Å². The fraction of sp³-hybridized carbons (Fsp3) is 0.250. The van der Waals surface area contributed by atoms with E-state index in [2.05, 4.69) is 10.5 Å². The third-order valence-corrected chi connectivity index (χ3v) is 4.64. The molecule has 2 amide bonds. The smallest absolute Gasteiger partial charge is 0.229 e. The Morgan fingerprint density at radius 3 is 3.00 bits per heavy atom. The van der Waals surface area contributed by atoms with Crippen molar-refractivity contribution in [1.29, 1.82) is 0 Å². The lowest BCUT2D eigenvalue weighted by Gasteiger charge is -2.18. The average molecular weight is 365 g/mol. The van der Waals surface area contributed by atoms with Gasteiger partial charge in [0.25, 0.3) is 0 Å². The maximum Gasteiger partial charge on any atom is 0.229 e. The second-order valence-corrected chi connectivity index (χ2v) is 6.48. The number of carbonyl (C=O) groups is 2. The highest BCUT2D eigenvalue weighted by atomic mass is 16.5. The van der Waals surface area contributed by atoms with Gasteiger partial charge in [-0.3, -0.25) is 9.59 Å². The van der Waals surface area contributed by atoms with Crippen LogP contribution < -0.4 is 15.0 Å². The highest BCUT2D eigenvalue weighted by Crippen LogP contribution is 2.25. The maximum absolute atomic E-state index is 12.4. The molecule has 1 atom stereocenters. The molecule has 2 aromatic carbocycles. The summed E-state index contributed by atoms with van der Waals surface area (Å²) in [5.74, 6) is 0.477. The Kier molecular flexibility index (Phi) is 4.50. The Labute approximate surface area is 155 Å². The second-order valence-electron chi connectivity index (χ2n) is 6.48. The van der Waals surface area contributed by atoms with Crippen LogP contribution in [0.1, 0.15) is 12.1 Å². The minimum atomic E-state index is -0.241. The van der Waals surface area contributed by atoms with Gasteiger partial charge in [0.2, 0.25) is 11.8 Å². The lowest BCUT2D eigenvalue weighted by atomic mass is 10.1. The summed E-state index contributed by atoms with van der Waals surface area (Å²) in [6.07, 6.45) is 0.378. The molecule has 1 unspecified atom stereocenters. The predicted octanol–water partition coefficient (Wildman–Crippen LogP) is 2.30. The maximum atomic E-state index is 12.4. The molecule has 1 aliphatic heterocycles. The number of fused-ring (bicyclic) bond motifs is 1. The Hall–Kier alpha value is -3.35. The molecule has 4 rings (SSSR count). The number of hydrogen-bond donors (Lipinski definition) is 1. The number of para-hydroxylation sites is 1. The Morgan fingerprint density at radius 1 is 1.30 bits per heavy atom. The number of methoxy groups -OCH3 is 1. The van der Waals surface area contributed by atoms with Crippen molar-refractivity contribution in [2.75, 3.05) is 18.6 Å². The molecule has 1 saturated heterocycles. The minimum Gasteiger partial charge on any atom is -0.497 e. The van der Waals surface area contributed by atoms with Gasteiger partial charge in [0.05, 0.1) is 19.6 Å². The third kappa shape index (κ3) is 3.48. The number of amides is 2. The average Bonchev–Trinajstić information content (AvgIpc) is 3.25. The number of anilines is 1. The van der Waals surface area contributed by atoms with Gasteiger partial charge in [-0.1, -0.05) is 23.4 Å². The quantitative estimate of drug-likeness (QED) is 0.750. The van der Waals surface area contributed by atoms with Crippen molar-refractivity contribution in [1.82, 2.24) is 10.5 Å². The highest BCUT2D eigenvalue weighted by molar-refractivity contribution is 5.97. The van der Waals surface area contributed by atoms with Gasteiger partial charge in [-0.15, -0.1) is 0 Å². The number of hydrogen-bond acceptors (Lipinski definition) is 5. The number of carbonyl (C=O) groups excluding carboxylic acids is 2. The standard InChI is InChI=1S/C20H19N3O4/c1-26-15-6-4-5-14(10-15)23-12-13(9-20(23)25)21-19(24)11-17-16-7-2-3-8-18(16)27-22-17/h2-8,10,13H,9,11-12H2,1H3,(H,21,24). The first-order valence-electron chi connectivity index (χ1n) is 8.71. The van der Waals surface area contributed by atoms with Gasteiger partial charge in [-0.05, 0) is 24.3 Å². The van der Waals surface area contributed by atoms with Gasteiger partial charge >= 0.3 is 0 Å². The van der Waals surface area contributed by atoms with E-state index < -0.39 is 0 Å². The van der Waals surface area contributed by atoms with Crippen molar-refractivity contribution in [3.8, 4) is 5.75 Å². The van der Waals surface area contributed by atoms with E-state index >= 15 is 0 Å². The molecule has 0 saturated carbocycles. The molecular weight excluding hydrogens is 346 g/mol. The number of rotatable bonds is 5. The molecule has 0 aliphatic carbocycles. The normalized spacial score (nSPS) is 16.7. The second kappa shape index (κ2) is 7.11. The van der Waals surface area contributed by atoms with E-state index in [4.69, 9.17) is 9.26 Å². The van der Waals surface area contributed by atoms with Crippen LogP contribution in [0.3, 0.4) is 0 Å². The number of aromatic nitrogens is 1. The van der Waals surface area contributed by atoms with Crippen LogP contribution in [0.15, 0.2) is 53.1 Å². The molecule has 7 heteroatoms. The molecule has 27 heavy (non-hydrogen) atoms. The summed E-state index contributed by atoms with van der Waals surface area (Å²) in [5, 5.41) is 7.73. The third-order valence-electron chi connectivity index (χ3n) is 4.64. The lowest BCUT2D eigenvalue weighted by molar-refractivity contribution is -0.121. The van der Waals surface area contributed by atoms with E-state index in [1.807, 2.05) is 48.5 Å². The predicted molar refractivity (Wildman–Crippen MR) is 99.6 cm³/mol. The van der Waals surface area contributed by atoms with Crippen molar-refractivity contribution in [3.63, 3.8) is 0 Å². The van der Waals surface area contributed by atoms with Gasteiger partial charge < -0.3 is 19.5 Å². The van der Waals surface area contributed by atoms with E-state index in [1.54, 1.807) is 12.0 Å². The largest absolute Gasteiger partial charge is 0.497 e. The zero-order valence-electron chi connectivity index (χ0n) is 14.8. The monoisotopic (exact) mass is 365 g/mol. The summed E-state index contributed by atoms with van der Waals surface area (Å²) < 4.78 is 10.4. The van der Waals surface area contributed by atoms with Crippen molar-refractivity contribution >= 4 is 28.5 Å². The fourth-order valence-electron chi connectivity index (χ4n) is 3.33. The summed E-state index contributed by atoms with van der Waals surface area (Å²) in [6.45, 7) is 0.428. The first kappa shape index (κ1) is 17.1. The molecule has 1 N–H and O–H groups in total. The molecule has 1 fully saturated rings. The molecule has 0 spiro atoms. The number of ether oxygens (including phenoxy) is 1. The molecular formula is C20H19N3O4. The van der Waals surface area contributed by atoms with Crippen molar-refractivity contribution < 1.29 is 18.8 Å². The van der Waals surface area contributed by atoms with E-state index in [1.165, 1.54) is 0 Å². The Bertz CT molecular complexity index is 998. The number of benzene rings is 2. The first-order valence-corrected chi connectivity index (χ1v) is 8.71. The van der Waals surface area contributed by atoms with E-state index in [-0.39, 0.29) is 30.7 Å². The molecule has 0 bridgehead atoms. The minimum absolute atomic E-state index is 0.0274. The van der Waals surface area contributed by atoms with E-state index in [0.717, 1.165) is 11.1 Å². The summed E-state index contributed by atoms with van der Waals surface area (Å²) in [4.78, 5) is 26.4. The van der Waals surface area contributed by atoms with Crippen LogP contribution in [-0.2, 0) is 16.0 Å². The van der Waals surface area contributed by atoms with Crippen molar-refractivity contribution in [3.05, 3.63) is 54.2 Å². The molecule has 1 aliphatic rings. The van der Waals surface area contributed by atoms with Crippen LogP contribution in [0.4, 0.5) is 5.69 Å². The SMILES string of the molecule is COc1cccc(N2CC(NC(=O)Cc3noc4ccccc34)CC2=O)c1. The van der Waals surface area contributed by atoms with Crippen molar-refractivity contribution in [2.45, 2.75) is 18.9 Å². The highest BCUT2D eigenvalue weighted by Gasteiger charge is 2.32. The summed E-state index contributed by atoms with van der Waals surface area (Å²) in [7, 11) is 1.58. The molecule has 7 nitrogen and oxygen atoms in total. The Morgan fingerprint density at radius 2 is 2.15 bits per heavy atom. The first-order chi connectivity index (χ1) is 13.1. The fourth-order valence-corrected chi connectivity index (χ4v) is 3.33. The Balaban J connectivity index is 1.41.